The fourth-order valence-electron chi connectivity index (χ4n) is 2.36. The number of benzene rings is 1. The first-order valence-electron chi connectivity index (χ1n) is 5.26. The van der Waals surface area contributed by atoms with Crippen molar-refractivity contribution < 1.29 is 0 Å². The monoisotopic (exact) mass is 264 g/mol. The van der Waals surface area contributed by atoms with Gasteiger partial charge in [0.25, 0.3) is 0 Å². The summed E-state index contributed by atoms with van der Waals surface area (Å²) in [6.45, 7) is 0. The van der Waals surface area contributed by atoms with Gasteiger partial charge in [-0.2, -0.15) is 0 Å². The van der Waals surface area contributed by atoms with Crippen LogP contribution in [-0.2, 0) is 5.54 Å². The molecule has 3 heteroatoms. The summed E-state index contributed by atoms with van der Waals surface area (Å²) in [5.41, 5.74) is 8.72. The van der Waals surface area contributed by atoms with E-state index in [2.05, 4.69) is 39.1 Å². The highest BCUT2D eigenvalue weighted by atomic mass is 79.9. The molecule has 3 rings (SSSR count). The van der Waals surface area contributed by atoms with Crippen LogP contribution in [0.25, 0.3) is 10.9 Å². The standard InChI is InChI=1S/C12H13BrN2/c13-10-7-15-11-8(10)3-1-4-9(11)12(14)5-2-6-12/h1,3-4,7,15H,2,5-6,14H2. The van der Waals surface area contributed by atoms with Gasteiger partial charge >= 0.3 is 0 Å². The van der Waals surface area contributed by atoms with E-state index in [0.29, 0.717) is 0 Å². The minimum absolute atomic E-state index is 0.0934. The Bertz CT molecular complexity index is 511. The first-order valence-corrected chi connectivity index (χ1v) is 6.05. The molecule has 0 amide bonds. The number of halogens is 1. The lowest BCUT2D eigenvalue weighted by atomic mass is 9.72. The topological polar surface area (TPSA) is 41.8 Å². The predicted molar refractivity (Wildman–Crippen MR) is 65.7 cm³/mol. The van der Waals surface area contributed by atoms with E-state index < -0.39 is 0 Å². The van der Waals surface area contributed by atoms with Crippen LogP contribution in [0.2, 0.25) is 0 Å². The Labute approximate surface area is 97.0 Å². The third-order valence-electron chi connectivity index (χ3n) is 3.45. The summed E-state index contributed by atoms with van der Waals surface area (Å²) in [6.07, 6.45) is 5.43. The quantitative estimate of drug-likeness (QED) is 0.816. The molecule has 1 fully saturated rings. The van der Waals surface area contributed by atoms with Crippen LogP contribution in [0, 0.1) is 0 Å². The Morgan fingerprint density at radius 2 is 2.13 bits per heavy atom. The number of aromatic nitrogens is 1. The molecular weight excluding hydrogens is 252 g/mol. The normalized spacial score (nSPS) is 19.1. The molecule has 1 aromatic heterocycles. The molecule has 0 aliphatic heterocycles. The van der Waals surface area contributed by atoms with Crippen molar-refractivity contribution in [2.45, 2.75) is 24.8 Å². The summed E-state index contributed by atoms with van der Waals surface area (Å²) in [7, 11) is 0. The second-order valence-corrected chi connectivity index (χ2v) is 5.23. The highest BCUT2D eigenvalue weighted by Gasteiger charge is 2.35. The van der Waals surface area contributed by atoms with Crippen LogP contribution in [0.4, 0.5) is 0 Å². The number of nitrogens with one attached hydrogen (secondary N) is 1. The van der Waals surface area contributed by atoms with Crippen molar-refractivity contribution in [3.8, 4) is 0 Å². The number of para-hydroxylation sites is 1. The Hall–Kier alpha value is -0.800. The highest BCUT2D eigenvalue weighted by Crippen LogP contribution is 2.42. The molecule has 1 aliphatic rings. The Kier molecular flexibility index (Phi) is 1.94. The number of hydrogen-bond acceptors (Lipinski definition) is 1. The fourth-order valence-corrected chi connectivity index (χ4v) is 2.81. The lowest BCUT2D eigenvalue weighted by molar-refractivity contribution is 0.255. The smallest absolute Gasteiger partial charge is 0.0517 e. The van der Waals surface area contributed by atoms with Gasteiger partial charge in [-0.25, -0.2) is 0 Å². The SMILES string of the molecule is NC1(c2cccc3c(Br)c[nH]c23)CCC1. The second kappa shape index (κ2) is 3.09. The summed E-state index contributed by atoms with van der Waals surface area (Å²) in [6, 6.07) is 6.34. The van der Waals surface area contributed by atoms with E-state index in [1.165, 1.54) is 22.9 Å². The number of nitrogens with two attached hydrogens (primary N) is 1. The van der Waals surface area contributed by atoms with Crippen LogP contribution in [0.15, 0.2) is 28.9 Å². The lowest BCUT2D eigenvalue weighted by Gasteiger charge is -2.38. The summed E-state index contributed by atoms with van der Waals surface area (Å²) >= 11 is 3.54. The predicted octanol–water partition coefficient (Wildman–Crippen LogP) is 3.27. The molecule has 1 saturated carbocycles. The zero-order valence-corrected chi connectivity index (χ0v) is 9.97. The number of hydrogen-bond donors (Lipinski definition) is 2. The van der Waals surface area contributed by atoms with Gasteiger partial charge in [-0.3, -0.25) is 0 Å². The van der Waals surface area contributed by atoms with Gasteiger partial charge in [-0.15, -0.1) is 0 Å². The zero-order chi connectivity index (χ0) is 10.5. The third-order valence-corrected chi connectivity index (χ3v) is 4.10. The van der Waals surface area contributed by atoms with E-state index in [-0.39, 0.29) is 5.54 Å². The van der Waals surface area contributed by atoms with Crippen molar-refractivity contribution in [3.05, 3.63) is 34.4 Å². The van der Waals surface area contributed by atoms with Gasteiger partial charge in [0.15, 0.2) is 0 Å². The first-order chi connectivity index (χ1) is 7.21. The van der Waals surface area contributed by atoms with Gasteiger partial charge < -0.3 is 10.7 Å². The van der Waals surface area contributed by atoms with Gasteiger partial charge in [0.05, 0.1) is 5.52 Å². The Morgan fingerprint density at radius 1 is 1.33 bits per heavy atom. The van der Waals surface area contributed by atoms with E-state index in [1.807, 2.05) is 6.20 Å². The molecule has 0 unspecified atom stereocenters. The van der Waals surface area contributed by atoms with Gasteiger partial charge in [-0.05, 0) is 40.8 Å². The molecule has 2 nitrogen and oxygen atoms in total. The Morgan fingerprint density at radius 3 is 2.80 bits per heavy atom. The molecule has 2 aromatic rings. The zero-order valence-electron chi connectivity index (χ0n) is 8.39. The van der Waals surface area contributed by atoms with Gasteiger partial charge in [-0.1, -0.05) is 18.2 Å². The molecule has 0 spiro atoms. The first kappa shape index (κ1) is 9.43. The number of fused-ring (bicyclic) bond motifs is 1. The summed E-state index contributed by atoms with van der Waals surface area (Å²) in [5.74, 6) is 0. The molecule has 0 bridgehead atoms. The molecular formula is C12H13BrN2. The van der Waals surface area contributed by atoms with Gasteiger partial charge in [0.1, 0.15) is 0 Å². The van der Waals surface area contributed by atoms with Crippen molar-refractivity contribution in [1.82, 2.24) is 4.98 Å². The largest absolute Gasteiger partial charge is 0.360 e. The molecule has 15 heavy (non-hydrogen) atoms. The molecule has 78 valence electrons. The van der Waals surface area contributed by atoms with E-state index >= 15 is 0 Å². The second-order valence-electron chi connectivity index (χ2n) is 4.37. The summed E-state index contributed by atoms with van der Waals surface area (Å²) in [5, 5.41) is 1.23. The lowest BCUT2D eigenvalue weighted by Crippen LogP contribution is -2.43. The molecule has 0 atom stereocenters. The average molecular weight is 265 g/mol. The minimum Gasteiger partial charge on any atom is -0.360 e. The number of H-pyrrole nitrogens is 1. The van der Waals surface area contributed by atoms with E-state index in [1.54, 1.807) is 0 Å². The third kappa shape index (κ3) is 1.26. The van der Waals surface area contributed by atoms with Crippen LogP contribution in [0.3, 0.4) is 0 Å². The van der Waals surface area contributed by atoms with Gasteiger partial charge in [0.2, 0.25) is 0 Å². The van der Waals surface area contributed by atoms with E-state index in [4.69, 9.17) is 5.73 Å². The van der Waals surface area contributed by atoms with Crippen molar-refractivity contribution in [2.24, 2.45) is 5.73 Å². The van der Waals surface area contributed by atoms with Crippen LogP contribution in [0.5, 0.6) is 0 Å². The maximum atomic E-state index is 6.36. The highest BCUT2D eigenvalue weighted by molar-refractivity contribution is 9.10. The maximum absolute atomic E-state index is 6.36. The van der Waals surface area contributed by atoms with Crippen LogP contribution in [-0.4, -0.2) is 4.98 Å². The Balaban J connectivity index is 2.26. The van der Waals surface area contributed by atoms with Crippen molar-refractivity contribution in [3.63, 3.8) is 0 Å². The van der Waals surface area contributed by atoms with Crippen molar-refractivity contribution >= 4 is 26.8 Å². The van der Waals surface area contributed by atoms with Crippen molar-refractivity contribution in [1.29, 1.82) is 0 Å². The summed E-state index contributed by atoms with van der Waals surface area (Å²) < 4.78 is 1.11. The number of aromatic amines is 1. The molecule has 1 heterocycles. The molecule has 0 saturated heterocycles. The van der Waals surface area contributed by atoms with Crippen LogP contribution >= 0.6 is 15.9 Å². The average Bonchev–Trinajstić information content (AvgIpc) is 2.57. The molecule has 1 aromatic carbocycles. The molecule has 0 radical (unpaired) electrons. The fraction of sp³-hybridized carbons (Fsp3) is 0.333. The number of rotatable bonds is 1. The van der Waals surface area contributed by atoms with Crippen LogP contribution < -0.4 is 5.73 Å². The maximum Gasteiger partial charge on any atom is 0.0517 e. The van der Waals surface area contributed by atoms with E-state index in [0.717, 1.165) is 17.3 Å². The van der Waals surface area contributed by atoms with Crippen LogP contribution in [0.1, 0.15) is 24.8 Å². The minimum atomic E-state index is -0.0934. The molecule has 1 aliphatic carbocycles. The summed E-state index contributed by atoms with van der Waals surface area (Å²) in [4.78, 5) is 3.30. The molecule has 3 N–H and O–H groups in total. The van der Waals surface area contributed by atoms with Crippen molar-refractivity contribution in [2.75, 3.05) is 0 Å². The van der Waals surface area contributed by atoms with E-state index in [9.17, 15) is 0 Å². The van der Waals surface area contributed by atoms with Gasteiger partial charge in [0, 0.05) is 21.6 Å².